The van der Waals surface area contributed by atoms with Crippen molar-refractivity contribution < 1.29 is 4.74 Å². The summed E-state index contributed by atoms with van der Waals surface area (Å²) in [5.41, 5.74) is 10.1. The molecule has 1 aromatic heterocycles. The Labute approximate surface area is 111 Å². The first-order valence-corrected chi connectivity index (χ1v) is 6.41. The number of ether oxygens (including phenoxy) is 1. The molecule has 0 atom stereocenters. The third kappa shape index (κ3) is 1.56. The summed E-state index contributed by atoms with van der Waals surface area (Å²) in [4.78, 5) is 5.18. The highest BCUT2D eigenvalue weighted by molar-refractivity contribution is 7.80. The van der Waals surface area contributed by atoms with Crippen molar-refractivity contribution in [3.8, 4) is 5.75 Å². The molecule has 0 radical (unpaired) electrons. The molecule has 4 heteroatoms. The molecule has 0 saturated carbocycles. The number of hydrogen-bond donors (Lipinski definition) is 1. The molecule has 0 amide bonds. The standard InChI is InChI=1S/C14H14N2OS/c1-17-11-7-3-5-9-12(14(15)18)8-4-2-6-10(8)16-13(9)11/h3,5,7H,2,4,6H2,1H3,(H2,15,18). The number of benzene rings is 1. The van der Waals surface area contributed by atoms with Gasteiger partial charge >= 0.3 is 0 Å². The number of rotatable bonds is 2. The van der Waals surface area contributed by atoms with E-state index in [1.54, 1.807) is 7.11 Å². The molecule has 3 rings (SSSR count). The lowest BCUT2D eigenvalue weighted by Crippen LogP contribution is -2.14. The lowest BCUT2D eigenvalue weighted by atomic mass is 10.0. The number of thiocarbonyl (C=S) groups is 1. The summed E-state index contributed by atoms with van der Waals surface area (Å²) in [6, 6.07) is 5.88. The van der Waals surface area contributed by atoms with Crippen LogP contribution in [0, 0.1) is 0 Å². The van der Waals surface area contributed by atoms with E-state index >= 15 is 0 Å². The van der Waals surface area contributed by atoms with Crippen LogP contribution >= 0.6 is 12.2 Å². The number of fused-ring (bicyclic) bond motifs is 2. The molecule has 1 aromatic carbocycles. The number of aromatic nitrogens is 1. The summed E-state index contributed by atoms with van der Waals surface area (Å²) >= 11 is 5.22. The molecule has 2 aromatic rings. The van der Waals surface area contributed by atoms with Crippen molar-refractivity contribution in [1.29, 1.82) is 0 Å². The average Bonchev–Trinajstić information content (AvgIpc) is 2.82. The topological polar surface area (TPSA) is 48.1 Å². The third-order valence-corrected chi connectivity index (χ3v) is 3.68. The van der Waals surface area contributed by atoms with Crippen LogP contribution in [0.25, 0.3) is 10.9 Å². The largest absolute Gasteiger partial charge is 0.494 e. The SMILES string of the molecule is COc1cccc2c(C(N)=S)c3c(nc12)CCC3. The number of nitrogens with two attached hydrogens (primary N) is 1. The first kappa shape index (κ1) is 11.4. The Morgan fingerprint density at radius 2 is 2.22 bits per heavy atom. The number of para-hydroxylation sites is 1. The first-order valence-electron chi connectivity index (χ1n) is 6.00. The second kappa shape index (κ2) is 4.21. The summed E-state index contributed by atoms with van der Waals surface area (Å²) in [7, 11) is 1.66. The Hall–Kier alpha value is -1.68. The molecule has 0 aliphatic heterocycles. The average molecular weight is 258 g/mol. The van der Waals surface area contributed by atoms with Crippen LogP contribution in [0.3, 0.4) is 0 Å². The van der Waals surface area contributed by atoms with Gasteiger partial charge in [-0.25, -0.2) is 4.98 Å². The van der Waals surface area contributed by atoms with E-state index in [4.69, 9.17) is 27.7 Å². The maximum atomic E-state index is 5.91. The minimum Gasteiger partial charge on any atom is -0.494 e. The van der Waals surface area contributed by atoms with Gasteiger partial charge in [0, 0.05) is 16.6 Å². The van der Waals surface area contributed by atoms with Gasteiger partial charge in [-0.15, -0.1) is 0 Å². The zero-order valence-electron chi connectivity index (χ0n) is 10.2. The minimum atomic E-state index is 0.453. The van der Waals surface area contributed by atoms with Crippen molar-refractivity contribution in [2.75, 3.05) is 7.11 Å². The van der Waals surface area contributed by atoms with E-state index in [1.807, 2.05) is 18.2 Å². The van der Waals surface area contributed by atoms with Gasteiger partial charge in [-0.1, -0.05) is 24.4 Å². The molecule has 18 heavy (non-hydrogen) atoms. The predicted octanol–water partition coefficient (Wildman–Crippen LogP) is 2.37. The predicted molar refractivity (Wildman–Crippen MR) is 76.2 cm³/mol. The summed E-state index contributed by atoms with van der Waals surface area (Å²) in [6.45, 7) is 0. The lowest BCUT2D eigenvalue weighted by molar-refractivity contribution is 0.419. The van der Waals surface area contributed by atoms with Crippen molar-refractivity contribution in [1.82, 2.24) is 4.98 Å². The number of nitrogens with zero attached hydrogens (tertiary/aromatic N) is 1. The van der Waals surface area contributed by atoms with Gasteiger partial charge in [0.05, 0.1) is 7.11 Å². The highest BCUT2D eigenvalue weighted by Gasteiger charge is 2.21. The molecule has 3 nitrogen and oxygen atoms in total. The Balaban J connectivity index is 2.45. The summed E-state index contributed by atoms with van der Waals surface area (Å²) < 4.78 is 5.38. The smallest absolute Gasteiger partial charge is 0.145 e. The van der Waals surface area contributed by atoms with E-state index in [-0.39, 0.29) is 0 Å². The minimum absolute atomic E-state index is 0.453. The molecule has 0 saturated heterocycles. The maximum absolute atomic E-state index is 5.91. The van der Waals surface area contributed by atoms with Crippen LogP contribution in [0.1, 0.15) is 23.2 Å². The fourth-order valence-corrected chi connectivity index (χ4v) is 2.94. The van der Waals surface area contributed by atoms with Crippen LogP contribution < -0.4 is 10.5 Å². The van der Waals surface area contributed by atoms with E-state index in [2.05, 4.69) is 0 Å². The summed E-state index contributed by atoms with van der Waals surface area (Å²) in [6.07, 6.45) is 3.14. The number of hydrogen-bond acceptors (Lipinski definition) is 3. The molecular formula is C14H14N2OS. The molecule has 0 unspecified atom stereocenters. The van der Waals surface area contributed by atoms with Gasteiger partial charge in [0.1, 0.15) is 16.3 Å². The lowest BCUT2D eigenvalue weighted by Gasteiger charge is -2.13. The highest BCUT2D eigenvalue weighted by Crippen LogP contribution is 2.33. The Morgan fingerprint density at radius 1 is 1.39 bits per heavy atom. The van der Waals surface area contributed by atoms with Crippen molar-refractivity contribution in [3.05, 3.63) is 35.0 Å². The van der Waals surface area contributed by atoms with E-state index in [1.165, 1.54) is 5.56 Å². The van der Waals surface area contributed by atoms with Crippen LogP contribution in [0.4, 0.5) is 0 Å². The van der Waals surface area contributed by atoms with Crippen LogP contribution in [0.5, 0.6) is 5.75 Å². The second-order valence-corrected chi connectivity index (χ2v) is 4.93. The van der Waals surface area contributed by atoms with E-state index in [0.29, 0.717) is 4.99 Å². The molecule has 0 spiro atoms. The number of methoxy groups -OCH3 is 1. The molecule has 1 aliphatic rings. The molecule has 2 N–H and O–H groups in total. The monoisotopic (exact) mass is 258 g/mol. The van der Waals surface area contributed by atoms with Gasteiger partial charge in [0.25, 0.3) is 0 Å². The Kier molecular flexibility index (Phi) is 2.67. The van der Waals surface area contributed by atoms with Gasteiger partial charge in [-0.2, -0.15) is 0 Å². The maximum Gasteiger partial charge on any atom is 0.145 e. The normalized spacial score (nSPS) is 13.6. The highest BCUT2D eigenvalue weighted by atomic mass is 32.1. The fourth-order valence-electron chi connectivity index (χ4n) is 2.70. The van der Waals surface area contributed by atoms with Crippen LogP contribution in [-0.4, -0.2) is 17.1 Å². The van der Waals surface area contributed by atoms with Crippen LogP contribution in [0.15, 0.2) is 18.2 Å². The van der Waals surface area contributed by atoms with E-state index in [9.17, 15) is 0 Å². The van der Waals surface area contributed by atoms with Gasteiger partial charge < -0.3 is 10.5 Å². The molecule has 1 heterocycles. The van der Waals surface area contributed by atoms with Crippen LogP contribution in [0.2, 0.25) is 0 Å². The van der Waals surface area contributed by atoms with E-state index in [0.717, 1.165) is 47.2 Å². The zero-order valence-corrected chi connectivity index (χ0v) is 11.0. The quantitative estimate of drug-likeness (QED) is 0.840. The summed E-state index contributed by atoms with van der Waals surface area (Å²) in [5.74, 6) is 0.778. The zero-order chi connectivity index (χ0) is 12.7. The molecular weight excluding hydrogens is 244 g/mol. The molecule has 0 fully saturated rings. The second-order valence-electron chi connectivity index (χ2n) is 4.49. The third-order valence-electron chi connectivity index (χ3n) is 3.47. The Bertz CT molecular complexity index is 652. The summed E-state index contributed by atoms with van der Waals surface area (Å²) in [5, 5.41) is 1.00. The van der Waals surface area contributed by atoms with Gasteiger partial charge in [-0.05, 0) is 30.9 Å². The molecule has 1 aliphatic carbocycles. The Morgan fingerprint density at radius 3 is 2.94 bits per heavy atom. The van der Waals surface area contributed by atoms with Gasteiger partial charge in [0.15, 0.2) is 0 Å². The van der Waals surface area contributed by atoms with Gasteiger partial charge in [-0.3, -0.25) is 0 Å². The van der Waals surface area contributed by atoms with Crippen LogP contribution in [-0.2, 0) is 12.8 Å². The molecule has 0 bridgehead atoms. The van der Waals surface area contributed by atoms with E-state index < -0.39 is 0 Å². The van der Waals surface area contributed by atoms with Gasteiger partial charge in [0.2, 0.25) is 0 Å². The molecule has 92 valence electrons. The van der Waals surface area contributed by atoms with Crippen molar-refractivity contribution >= 4 is 28.1 Å². The fraction of sp³-hybridized carbons (Fsp3) is 0.286. The van der Waals surface area contributed by atoms with Crippen molar-refractivity contribution in [2.45, 2.75) is 19.3 Å². The number of aryl methyl sites for hydroxylation is 1. The van der Waals surface area contributed by atoms with Crippen molar-refractivity contribution in [2.24, 2.45) is 5.73 Å². The van der Waals surface area contributed by atoms with Crippen molar-refractivity contribution in [3.63, 3.8) is 0 Å². The first-order chi connectivity index (χ1) is 8.72. The number of pyridine rings is 1.